The fourth-order valence-corrected chi connectivity index (χ4v) is 2.70. The lowest BCUT2D eigenvalue weighted by Crippen LogP contribution is -2.08. The van der Waals surface area contributed by atoms with Gasteiger partial charge in [-0.25, -0.2) is 0 Å². The van der Waals surface area contributed by atoms with Crippen molar-refractivity contribution < 1.29 is 0 Å². The van der Waals surface area contributed by atoms with E-state index in [1.54, 1.807) is 0 Å². The van der Waals surface area contributed by atoms with Crippen LogP contribution in [0.1, 0.15) is 17.0 Å². The molecule has 3 rings (SSSR count). The predicted molar refractivity (Wildman–Crippen MR) is 49.4 cm³/mol. The quantitative estimate of drug-likeness (QED) is 0.647. The average molecular weight is 180 g/mol. The molecule has 0 saturated heterocycles. The van der Waals surface area contributed by atoms with Crippen molar-refractivity contribution in [3.63, 3.8) is 0 Å². The maximum Gasteiger partial charge on any atom is 0.0440 e. The minimum absolute atomic E-state index is 0.413. The fraction of sp³-hybridized carbons (Fsp3) is 0.400. The summed E-state index contributed by atoms with van der Waals surface area (Å²) in [4.78, 5) is 0. The van der Waals surface area contributed by atoms with Crippen LogP contribution in [0.2, 0.25) is 5.02 Å². The molecule has 0 aliphatic heterocycles. The second kappa shape index (κ2) is 2.04. The zero-order valence-corrected chi connectivity index (χ0v) is 7.38. The zero-order valence-electron chi connectivity index (χ0n) is 6.63. The van der Waals surface area contributed by atoms with Gasteiger partial charge in [-0.15, -0.1) is 0 Å². The third kappa shape index (κ3) is 0.686. The number of nitrogens with two attached hydrogens (primary N) is 1. The molecule has 0 spiro atoms. The van der Waals surface area contributed by atoms with Gasteiger partial charge < -0.3 is 5.73 Å². The Hall–Kier alpha value is -0.530. The van der Waals surface area contributed by atoms with Crippen molar-refractivity contribution in [1.29, 1.82) is 0 Å². The molecule has 1 nitrogen and oxygen atoms in total. The summed E-state index contributed by atoms with van der Waals surface area (Å²) in [5, 5.41) is 0.923. The standard InChI is InChI=1S/C10H10ClN/c11-8-3-1-2-5-6(8)4-7-9(5)10(7)12/h1-3,7,9-10H,4,12H2/t7-,9-,10+/m0/s1. The Bertz CT molecular complexity index is 348. The topological polar surface area (TPSA) is 26.0 Å². The maximum absolute atomic E-state index is 6.06. The smallest absolute Gasteiger partial charge is 0.0440 e. The normalized spacial score (nSPS) is 36.0. The van der Waals surface area contributed by atoms with Gasteiger partial charge in [0, 0.05) is 17.0 Å². The van der Waals surface area contributed by atoms with Gasteiger partial charge in [-0.3, -0.25) is 0 Å². The zero-order chi connectivity index (χ0) is 8.29. The van der Waals surface area contributed by atoms with Gasteiger partial charge in [-0.1, -0.05) is 23.7 Å². The van der Waals surface area contributed by atoms with Crippen LogP contribution in [0, 0.1) is 5.92 Å². The third-order valence-corrected chi connectivity index (χ3v) is 3.54. The van der Waals surface area contributed by atoms with E-state index >= 15 is 0 Å². The highest BCUT2D eigenvalue weighted by Crippen LogP contribution is 2.56. The van der Waals surface area contributed by atoms with Crippen molar-refractivity contribution in [3.8, 4) is 0 Å². The van der Waals surface area contributed by atoms with E-state index in [0.29, 0.717) is 17.9 Å². The minimum atomic E-state index is 0.413. The molecule has 12 heavy (non-hydrogen) atoms. The highest BCUT2D eigenvalue weighted by molar-refractivity contribution is 6.31. The van der Waals surface area contributed by atoms with Crippen LogP contribution in [0.25, 0.3) is 0 Å². The maximum atomic E-state index is 6.06. The first-order valence-corrected chi connectivity index (χ1v) is 4.69. The Morgan fingerprint density at radius 1 is 1.42 bits per heavy atom. The molecule has 1 aromatic rings. The molecule has 62 valence electrons. The first-order chi connectivity index (χ1) is 5.79. The van der Waals surface area contributed by atoms with Crippen LogP contribution >= 0.6 is 11.6 Å². The monoisotopic (exact) mass is 179 g/mol. The molecule has 1 saturated carbocycles. The van der Waals surface area contributed by atoms with Crippen LogP contribution in [0.15, 0.2) is 18.2 Å². The third-order valence-electron chi connectivity index (χ3n) is 3.18. The van der Waals surface area contributed by atoms with Crippen molar-refractivity contribution in [1.82, 2.24) is 0 Å². The molecule has 3 atom stereocenters. The summed E-state index contributed by atoms with van der Waals surface area (Å²) in [6.07, 6.45) is 1.10. The summed E-state index contributed by atoms with van der Waals surface area (Å²) in [5.41, 5.74) is 8.64. The molecule has 0 radical (unpaired) electrons. The van der Waals surface area contributed by atoms with Gasteiger partial charge >= 0.3 is 0 Å². The van der Waals surface area contributed by atoms with Gasteiger partial charge in [-0.2, -0.15) is 0 Å². The molecule has 0 unspecified atom stereocenters. The summed E-state index contributed by atoms with van der Waals surface area (Å²) in [6, 6.07) is 6.57. The van der Waals surface area contributed by atoms with Gasteiger partial charge in [0.15, 0.2) is 0 Å². The van der Waals surface area contributed by atoms with Crippen LogP contribution in [0.3, 0.4) is 0 Å². The summed E-state index contributed by atoms with van der Waals surface area (Å²) >= 11 is 6.06. The van der Waals surface area contributed by atoms with Crippen molar-refractivity contribution in [2.24, 2.45) is 11.7 Å². The van der Waals surface area contributed by atoms with Gasteiger partial charge in [-0.05, 0) is 29.5 Å². The Labute approximate surface area is 76.5 Å². The number of fused-ring (bicyclic) bond motifs is 3. The first-order valence-electron chi connectivity index (χ1n) is 4.32. The number of halogens is 1. The van der Waals surface area contributed by atoms with E-state index in [2.05, 4.69) is 6.07 Å². The van der Waals surface area contributed by atoms with E-state index in [1.165, 1.54) is 11.1 Å². The van der Waals surface area contributed by atoms with Gasteiger partial charge in [0.05, 0.1) is 0 Å². The minimum Gasteiger partial charge on any atom is -0.327 e. The Balaban J connectivity index is 2.16. The van der Waals surface area contributed by atoms with Crippen molar-refractivity contribution >= 4 is 11.6 Å². The molecule has 1 fully saturated rings. The van der Waals surface area contributed by atoms with E-state index in [1.807, 2.05) is 12.1 Å². The van der Waals surface area contributed by atoms with Crippen LogP contribution < -0.4 is 5.73 Å². The average Bonchev–Trinajstić information content (AvgIpc) is 2.57. The molecule has 0 amide bonds. The van der Waals surface area contributed by atoms with Gasteiger partial charge in [0.2, 0.25) is 0 Å². The molecule has 2 N–H and O–H groups in total. The highest BCUT2D eigenvalue weighted by atomic mass is 35.5. The lowest BCUT2D eigenvalue weighted by molar-refractivity contribution is 0.801. The number of rotatable bonds is 0. The molecule has 0 aromatic heterocycles. The van der Waals surface area contributed by atoms with E-state index in [-0.39, 0.29) is 0 Å². The fourth-order valence-electron chi connectivity index (χ4n) is 2.44. The lowest BCUT2D eigenvalue weighted by atomic mass is 10.1. The second-order valence-corrected chi connectivity index (χ2v) is 4.19. The Morgan fingerprint density at radius 2 is 2.25 bits per heavy atom. The molecule has 2 heteroatoms. The Kier molecular flexibility index (Phi) is 1.18. The first kappa shape index (κ1) is 6.93. The van der Waals surface area contributed by atoms with Crippen LogP contribution in [-0.4, -0.2) is 6.04 Å². The molecule has 2 aliphatic rings. The van der Waals surface area contributed by atoms with E-state index < -0.39 is 0 Å². The summed E-state index contributed by atoms with van der Waals surface area (Å²) in [7, 11) is 0. The number of benzene rings is 1. The van der Waals surface area contributed by atoms with Crippen LogP contribution in [0.4, 0.5) is 0 Å². The van der Waals surface area contributed by atoms with Crippen LogP contribution in [-0.2, 0) is 6.42 Å². The van der Waals surface area contributed by atoms with Gasteiger partial charge in [0.1, 0.15) is 0 Å². The van der Waals surface area contributed by atoms with Crippen LogP contribution in [0.5, 0.6) is 0 Å². The molecule has 2 aliphatic carbocycles. The molecular weight excluding hydrogens is 170 g/mol. The lowest BCUT2D eigenvalue weighted by Gasteiger charge is -2.05. The van der Waals surface area contributed by atoms with Gasteiger partial charge in [0.25, 0.3) is 0 Å². The Morgan fingerprint density at radius 3 is 3.08 bits per heavy atom. The highest BCUT2D eigenvalue weighted by Gasteiger charge is 2.53. The summed E-state index contributed by atoms with van der Waals surface area (Å²) in [5.74, 6) is 1.32. The number of hydrogen-bond acceptors (Lipinski definition) is 1. The molecule has 1 aromatic carbocycles. The van der Waals surface area contributed by atoms with Crippen molar-refractivity contribution in [3.05, 3.63) is 34.3 Å². The molecule has 0 bridgehead atoms. The molecular formula is C10H10ClN. The van der Waals surface area contributed by atoms with E-state index in [0.717, 1.165) is 11.4 Å². The number of hydrogen-bond donors (Lipinski definition) is 1. The summed E-state index contributed by atoms with van der Waals surface area (Å²) < 4.78 is 0. The van der Waals surface area contributed by atoms with Crippen molar-refractivity contribution in [2.75, 3.05) is 0 Å². The molecule has 0 heterocycles. The summed E-state index contributed by atoms with van der Waals surface area (Å²) in [6.45, 7) is 0. The van der Waals surface area contributed by atoms with E-state index in [4.69, 9.17) is 17.3 Å². The van der Waals surface area contributed by atoms with Crippen molar-refractivity contribution in [2.45, 2.75) is 18.4 Å². The largest absolute Gasteiger partial charge is 0.327 e. The second-order valence-electron chi connectivity index (χ2n) is 3.78. The predicted octanol–water partition coefficient (Wildman–Crippen LogP) is 1.94. The van der Waals surface area contributed by atoms with E-state index in [9.17, 15) is 0 Å². The SMILES string of the molecule is N[C@@H]1[C@H]2Cc3c(Cl)cccc3[C@H]12.